The molecule has 2 rings (SSSR count). The standard InChI is InChI=1S/C11H17ClN4O/c12-10-9(6-14-16-11(10)17)15-8(5-13)7-3-1-2-4-7/h6-8H,1-5,13H2,(H2,15,16,17). The number of nitrogens with two attached hydrogens (primary N) is 1. The Morgan fingerprint density at radius 1 is 1.59 bits per heavy atom. The Hall–Kier alpha value is -1.07. The van der Waals surface area contributed by atoms with E-state index >= 15 is 0 Å². The normalized spacial score (nSPS) is 18.2. The number of rotatable bonds is 4. The van der Waals surface area contributed by atoms with Gasteiger partial charge in [-0.3, -0.25) is 4.79 Å². The first kappa shape index (κ1) is 12.4. The van der Waals surface area contributed by atoms with Crippen LogP contribution < -0.4 is 16.6 Å². The molecular formula is C11H17ClN4O. The molecule has 5 nitrogen and oxygen atoms in total. The van der Waals surface area contributed by atoms with Crippen LogP contribution >= 0.6 is 11.6 Å². The third kappa shape index (κ3) is 2.79. The van der Waals surface area contributed by atoms with Gasteiger partial charge in [0.25, 0.3) is 5.56 Å². The molecule has 1 aliphatic rings. The summed E-state index contributed by atoms with van der Waals surface area (Å²) < 4.78 is 0. The van der Waals surface area contributed by atoms with Crippen molar-refractivity contribution in [3.63, 3.8) is 0 Å². The average Bonchev–Trinajstić information content (AvgIpc) is 2.85. The fourth-order valence-corrected chi connectivity index (χ4v) is 2.56. The highest BCUT2D eigenvalue weighted by Crippen LogP contribution is 2.29. The van der Waals surface area contributed by atoms with Crippen molar-refractivity contribution < 1.29 is 0 Å². The summed E-state index contributed by atoms with van der Waals surface area (Å²) in [7, 11) is 0. The van der Waals surface area contributed by atoms with Crippen molar-refractivity contribution in [2.24, 2.45) is 11.7 Å². The molecule has 6 heteroatoms. The first-order valence-corrected chi connectivity index (χ1v) is 6.30. The molecule has 94 valence electrons. The van der Waals surface area contributed by atoms with Crippen LogP contribution in [0.15, 0.2) is 11.0 Å². The number of nitrogens with one attached hydrogen (secondary N) is 2. The van der Waals surface area contributed by atoms with Crippen molar-refractivity contribution >= 4 is 17.3 Å². The molecule has 0 radical (unpaired) electrons. The molecule has 1 saturated carbocycles. The summed E-state index contributed by atoms with van der Waals surface area (Å²) in [5, 5.41) is 9.42. The van der Waals surface area contributed by atoms with E-state index in [0.29, 0.717) is 18.2 Å². The van der Waals surface area contributed by atoms with Gasteiger partial charge < -0.3 is 11.1 Å². The van der Waals surface area contributed by atoms with Gasteiger partial charge in [0.05, 0.1) is 11.9 Å². The van der Waals surface area contributed by atoms with Crippen LogP contribution in [0, 0.1) is 5.92 Å². The van der Waals surface area contributed by atoms with Crippen molar-refractivity contribution in [2.75, 3.05) is 11.9 Å². The Morgan fingerprint density at radius 2 is 2.29 bits per heavy atom. The van der Waals surface area contributed by atoms with Gasteiger partial charge in [0, 0.05) is 12.6 Å². The first-order chi connectivity index (χ1) is 8.22. The number of aromatic nitrogens is 2. The second kappa shape index (κ2) is 5.51. The molecular weight excluding hydrogens is 240 g/mol. The summed E-state index contributed by atoms with van der Waals surface area (Å²) in [5.74, 6) is 0.565. The van der Waals surface area contributed by atoms with Crippen LogP contribution in [0.4, 0.5) is 5.69 Å². The predicted molar refractivity (Wildman–Crippen MR) is 68.3 cm³/mol. The molecule has 0 amide bonds. The molecule has 0 bridgehead atoms. The second-order valence-corrected chi connectivity index (χ2v) is 4.84. The van der Waals surface area contributed by atoms with Gasteiger partial charge in [-0.2, -0.15) is 5.10 Å². The molecule has 1 aromatic rings. The van der Waals surface area contributed by atoms with E-state index in [-0.39, 0.29) is 16.6 Å². The Kier molecular flexibility index (Phi) is 4.02. The molecule has 0 spiro atoms. The zero-order valence-corrected chi connectivity index (χ0v) is 10.3. The average molecular weight is 257 g/mol. The molecule has 4 N–H and O–H groups in total. The van der Waals surface area contributed by atoms with Crippen LogP contribution in [0.1, 0.15) is 25.7 Å². The lowest BCUT2D eigenvalue weighted by molar-refractivity contribution is 0.462. The summed E-state index contributed by atoms with van der Waals surface area (Å²) >= 11 is 5.91. The largest absolute Gasteiger partial charge is 0.378 e. The zero-order chi connectivity index (χ0) is 12.3. The Bertz CT molecular complexity index is 428. The maximum absolute atomic E-state index is 11.3. The number of hydrogen-bond acceptors (Lipinski definition) is 4. The summed E-state index contributed by atoms with van der Waals surface area (Å²) in [5.41, 5.74) is 5.97. The lowest BCUT2D eigenvalue weighted by atomic mass is 9.98. The van der Waals surface area contributed by atoms with Crippen molar-refractivity contribution in [3.05, 3.63) is 21.6 Å². The number of halogens is 1. The SMILES string of the molecule is NCC(Nc1cn[nH]c(=O)c1Cl)C1CCCC1. The van der Waals surface area contributed by atoms with Crippen LogP contribution in [0.25, 0.3) is 0 Å². The van der Waals surface area contributed by atoms with E-state index in [0.717, 1.165) is 0 Å². The smallest absolute Gasteiger partial charge is 0.285 e. The summed E-state index contributed by atoms with van der Waals surface area (Å²) in [6, 6.07) is 0.165. The van der Waals surface area contributed by atoms with Gasteiger partial charge in [0.2, 0.25) is 0 Å². The van der Waals surface area contributed by atoms with Crippen LogP contribution in [-0.4, -0.2) is 22.8 Å². The molecule has 1 aliphatic carbocycles. The van der Waals surface area contributed by atoms with Crippen molar-refractivity contribution in [2.45, 2.75) is 31.7 Å². The van der Waals surface area contributed by atoms with E-state index in [1.807, 2.05) is 0 Å². The maximum Gasteiger partial charge on any atom is 0.285 e. The third-order valence-corrected chi connectivity index (χ3v) is 3.73. The van der Waals surface area contributed by atoms with E-state index in [2.05, 4.69) is 15.5 Å². The Labute approximate surface area is 105 Å². The number of hydrogen-bond donors (Lipinski definition) is 3. The summed E-state index contributed by atoms with van der Waals surface area (Å²) in [4.78, 5) is 11.3. The van der Waals surface area contributed by atoms with E-state index in [9.17, 15) is 4.79 Å². The highest BCUT2D eigenvalue weighted by molar-refractivity contribution is 6.32. The van der Waals surface area contributed by atoms with Gasteiger partial charge in [0.15, 0.2) is 0 Å². The fourth-order valence-electron chi connectivity index (χ4n) is 2.41. The zero-order valence-electron chi connectivity index (χ0n) is 9.58. The predicted octanol–water partition coefficient (Wildman–Crippen LogP) is 1.35. The van der Waals surface area contributed by atoms with Gasteiger partial charge in [-0.15, -0.1) is 0 Å². The Morgan fingerprint density at radius 3 is 2.94 bits per heavy atom. The van der Waals surface area contributed by atoms with Gasteiger partial charge in [-0.25, -0.2) is 5.10 Å². The number of nitrogens with zero attached hydrogens (tertiary/aromatic N) is 1. The molecule has 1 aromatic heterocycles. The topological polar surface area (TPSA) is 83.8 Å². The number of anilines is 1. The highest BCUT2D eigenvalue weighted by Gasteiger charge is 2.24. The third-order valence-electron chi connectivity index (χ3n) is 3.36. The lowest BCUT2D eigenvalue weighted by Crippen LogP contribution is -2.35. The van der Waals surface area contributed by atoms with E-state index in [1.54, 1.807) is 0 Å². The molecule has 0 saturated heterocycles. The summed E-state index contributed by atoms with van der Waals surface area (Å²) in [6.45, 7) is 0.536. The van der Waals surface area contributed by atoms with E-state index < -0.39 is 0 Å². The van der Waals surface area contributed by atoms with Crippen molar-refractivity contribution in [1.29, 1.82) is 0 Å². The van der Waals surface area contributed by atoms with Crippen molar-refractivity contribution in [3.8, 4) is 0 Å². The maximum atomic E-state index is 11.3. The van der Waals surface area contributed by atoms with E-state index in [4.69, 9.17) is 17.3 Å². The van der Waals surface area contributed by atoms with Crippen LogP contribution in [0.5, 0.6) is 0 Å². The quantitative estimate of drug-likeness (QED) is 0.759. The number of H-pyrrole nitrogens is 1. The van der Waals surface area contributed by atoms with Crippen LogP contribution in [0.3, 0.4) is 0 Å². The summed E-state index contributed by atoms with van der Waals surface area (Å²) in [6.07, 6.45) is 6.40. The van der Waals surface area contributed by atoms with Gasteiger partial charge in [0.1, 0.15) is 5.02 Å². The molecule has 1 atom stereocenters. The minimum Gasteiger partial charge on any atom is -0.378 e. The number of aromatic amines is 1. The van der Waals surface area contributed by atoms with Crippen LogP contribution in [0.2, 0.25) is 5.02 Å². The van der Waals surface area contributed by atoms with Gasteiger partial charge in [-0.1, -0.05) is 24.4 Å². The minimum atomic E-state index is -0.376. The fraction of sp³-hybridized carbons (Fsp3) is 0.636. The minimum absolute atomic E-state index is 0.149. The first-order valence-electron chi connectivity index (χ1n) is 5.92. The molecule has 0 aromatic carbocycles. The van der Waals surface area contributed by atoms with Crippen molar-refractivity contribution in [1.82, 2.24) is 10.2 Å². The molecule has 1 unspecified atom stereocenters. The molecule has 17 heavy (non-hydrogen) atoms. The second-order valence-electron chi connectivity index (χ2n) is 4.46. The molecule has 1 heterocycles. The molecule has 0 aliphatic heterocycles. The molecule has 1 fully saturated rings. The van der Waals surface area contributed by atoms with E-state index in [1.165, 1.54) is 31.9 Å². The highest BCUT2D eigenvalue weighted by atomic mass is 35.5. The van der Waals surface area contributed by atoms with Gasteiger partial charge in [-0.05, 0) is 18.8 Å². The monoisotopic (exact) mass is 256 g/mol. The van der Waals surface area contributed by atoms with Crippen LogP contribution in [-0.2, 0) is 0 Å². The van der Waals surface area contributed by atoms with Gasteiger partial charge >= 0.3 is 0 Å². The Balaban J connectivity index is 2.12. The lowest BCUT2D eigenvalue weighted by Gasteiger charge is -2.24.